The Kier molecular flexibility index (Phi) is 13.2. The van der Waals surface area contributed by atoms with Gasteiger partial charge in [-0.1, -0.05) is 125 Å². The lowest BCUT2D eigenvalue weighted by molar-refractivity contribution is -0.150. The van der Waals surface area contributed by atoms with E-state index in [1.807, 2.05) is 24.3 Å². The molecule has 1 unspecified atom stereocenters. The number of esters is 1. The molecule has 0 bridgehead atoms. The number of rotatable bonds is 17. The van der Waals surface area contributed by atoms with Crippen molar-refractivity contribution in [2.45, 2.75) is 90.1 Å². The fourth-order valence-corrected chi connectivity index (χ4v) is 6.86. The summed E-state index contributed by atoms with van der Waals surface area (Å²) in [5, 5.41) is 0.170. The van der Waals surface area contributed by atoms with Gasteiger partial charge in [0, 0.05) is 26.6 Å². The summed E-state index contributed by atoms with van der Waals surface area (Å²) in [6, 6.07) is 31.4. The molecule has 3 aromatic carbocycles. The third-order valence-corrected chi connectivity index (χ3v) is 13.8. The molecule has 0 aliphatic carbocycles. The molecule has 0 N–H and O–H groups in total. The predicted octanol–water partition coefficient (Wildman–Crippen LogP) is 9.95. The first-order chi connectivity index (χ1) is 20.9. The van der Waals surface area contributed by atoms with Crippen LogP contribution in [0, 0.1) is 11.8 Å². The first kappa shape index (κ1) is 35.5. The number of ether oxygens (including phenoxy) is 2. The largest absolute Gasteiger partial charge is 0.462 e. The van der Waals surface area contributed by atoms with E-state index in [-0.39, 0.29) is 28.9 Å². The highest BCUT2D eigenvalue weighted by molar-refractivity contribution is 6.74. The minimum atomic E-state index is -1.83. The monoisotopic (exact) mass is 614 g/mol. The Hall–Kier alpha value is -2.99. The molecule has 3 aromatic rings. The summed E-state index contributed by atoms with van der Waals surface area (Å²) < 4.78 is 19.5. The lowest BCUT2D eigenvalue weighted by Gasteiger charge is -2.37. The molecule has 0 radical (unpaired) electrons. The van der Waals surface area contributed by atoms with Gasteiger partial charge in [-0.2, -0.15) is 0 Å². The van der Waals surface area contributed by atoms with Crippen LogP contribution < -0.4 is 0 Å². The summed E-state index contributed by atoms with van der Waals surface area (Å²) in [5.74, 6) is 0.148. The zero-order valence-electron chi connectivity index (χ0n) is 28.1. The first-order valence-electron chi connectivity index (χ1n) is 16.1. The molecular formula is C39H54O4Si. The summed E-state index contributed by atoms with van der Waals surface area (Å²) in [6.45, 7) is 20.4. The standard InChI is InChI=1S/C39H54O4Si/c1-9-20-37(43-32(3)40)36(27-19-29-42-44(7,8)38(4,5)6)31(2)28-30-41-39(33-21-13-10-14-22-33,34-23-15-11-16-24-34)35-25-17-12-18-26-35/h9-18,21-26,31,36-37H,1,19-20,27-30H2,2-8H3/t31-,36+,37?/m0/s1. The molecule has 3 atom stereocenters. The van der Waals surface area contributed by atoms with Gasteiger partial charge in [0.1, 0.15) is 11.7 Å². The Morgan fingerprint density at radius 2 is 1.30 bits per heavy atom. The fourth-order valence-electron chi connectivity index (χ4n) is 5.77. The van der Waals surface area contributed by atoms with Crippen molar-refractivity contribution in [3.8, 4) is 0 Å². The van der Waals surface area contributed by atoms with Crippen molar-refractivity contribution >= 4 is 14.3 Å². The molecule has 3 rings (SSSR count). The molecule has 0 saturated heterocycles. The smallest absolute Gasteiger partial charge is 0.302 e. The Bertz CT molecular complexity index is 1170. The zero-order chi connectivity index (χ0) is 32.2. The normalized spacial score (nSPS) is 14.4. The summed E-state index contributed by atoms with van der Waals surface area (Å²) in [7, 11) is -1.83. The van der Waals surface area contributed by atoms with Gasteiger partial charge < -0.3 is 13.9 Å². The number of hydrogen-bond acceptors (Lipinski definition) is 4. The molecule has 0 aliphatic rings. The lowest BCUT2D eigenvalue weighted by Crippen LogP contribution is -2.41. The third-order valence-electron chi connectivity index (χ3n) is 9.31. The van der Waals surface area contributed by atoms with Gasteiger partial charge >= 0.3 is 5.97 Å². The van der Waals surface area contributed by atoms with E-state index in [0.29, 0.717) is 13.0 Å². The first-order valence-corrected chi connectivity index (χ1v) is 19.1. The van der Waals surface area contributed by atoms with Gasteiger partial charge in [-0.05, 0) is 65.9 Å². The summed E-state index contributed by atoms with van der Waals surface area (Å²) in [6.07, 6.45) is 4.90. The van der Waals surface area contributed by atoms with Gasteiger partial charge in [0.2, 0.25) is 0 Å². The van der Waals surface area contributed by atoms with E-state index in [0.717, 1.165) is 42.6 Å². The van der Waals surface area contributed by atoms with Gasteiger partial charge in [-0.3, -0.25) is 4.79 Å². The van der Waals surface area contributed by atoms with Crippen LogP contribution in [0.3, 0.4) is 0 Å². The molecule has 0 fully saturated rings. The second kappa shape index (κ2) is 16.4. The van der Waals surface area contributed by atoms with Crippen LogP contribution in [0.4, 0.5) is 0 Å². The molecule has 238 valence electrons. The zero-order valence-corrected chi connectivity index (χ0v) is 29.1. The quantitative estimate of drug-likeness (QED) is 0.0499. The second-order valence-electron chi connectivity index (χ2n) is 13.5. The molecule has 4 nitrogen and oxygen atoms in total. The SMILES string of the molecule is C=CCC(OC(C)=O)[C@H](CCCO[Si](C)(C)C(C)(C)C)[C@@H](C)CCOC(c1ccccc1)(c1ccccc1)c1ccccc1. The van der Waals surface area contributed by atoms with E-state index in [1.165, 1.54) is 6.92 Å². The molecule has 0 amide bonds. The molecule has 0 aromatic heterocycles. The van der Waals surface area contributed by atoms with Crippen LogP contribution >= 0.6 is 0 Å². The van der Waals surface area contributed by atoms with E-state index in [1.54, 1.807) is 0 Å². The average Bonchev–Trinajstić information content (AvgIpc) is 2.99. The van der Waals surface area contributed by atoms with Gasteiger partial charge in [-0.25, -0.2) is 0 Å². The Labute approximate surface area is 268 Å². The van der Waals surface area contributed by atoms with Gasteiger partial charge in [0.05, 0.1) is 0 Å². The van der Waals surface area contributed by atoms with Crippen molar-refractivity contribution in [2.24, 2.45) is 11.8 Å². The molecular weight excluding hydrogens is 561 g/mol. The van der Waals surface area contributed by atoms with Crippen molar-refractivity contribution in [1.82, 2.24) is 0 Å². The molecule has 5 heteroatoms. The van der Waals surface area contributed by atoms with E-state index in [4.69, 9.17) is 13.9 Å². The topological polar surface area (TPSA) is 44.8 Å². The minimum Gasteiger partial charge on any atom is -0.462 e. The van der Waals surface area contributed by atoms with Gasteiger partial charge in [0.25, 0.3) is 0 Å². The number of benzene rings is 3. The van der Waals surface area contributed by atoms with Crippen LogP contribution in [-0.2, 0) is 24.3 Å². The molecule has 0 heterocycles. The molecule has 0 aliphatic heterocycles. The Morgan fingerprint density at radius 1 is 0.818 bits per heavy atom. The maximum Gasteiger partial charge on any atom is 0.302 e. The Balaban J connectivity index is 1.86. The summed E-state index contributed by atoms with van der Waals surface area (Å²) in [5.41, 5.74) is 2.52. The van der Waals surface area contributed by atoms with Crippen molar-refractivity contribution < 1.29 is 18.7 Å². The van der Waals surface area contributed by atoms with Crippen LogP contribution in [0.5, 0.6) is 0 Å². The maximum absolute atomic E-state index is 12.1. The highest BCUT2D eigenvalue weighted by Gasteiger charge is 2.39. The van der Waals surface area contributed by atoms with Crippen LogP contribution in [0.25, 0.3) is 0 Å². The van der Waals surface area contributed by atoms with Gasteiger partial charge in [0.15, 0.2) is 8.32 Å². The summed E-state index contributed by atoms with van der Waals surface area (Å²) >= 11 is 0. The van der Waals surface area contributed by atoms with E-state index in [9.17, 15) is 4.79 Å². The van der Waals surface area contributed by atoms with Crippen molar-refractivity contribution in [3.05, 3.63) is 120 Å². The molecule has 0 spiro atoms. The van der Waals surface area contributed by atoms with Crippen molar-refractivity contribution in [2.75, 3.05) is 13.2 Å². The van der Waals surface area contributed by atoms with Crippen LogP contribution in [0.15, 0.2) is 104 Å². The molecule has 0 saturated carbocycles. The van der Waals surface area contributed by atoms with Crippen molar-refractivity contribution in [1.29, 1.82) is 0 Å². The van der Waals surface area contributed by atoms with Gasteiger partial charge in [-0.15, -0.1) is 6.58 Å². The van der Waals surface area contributed by atoms with Crippen LogP contribution in [0.1, 0.15) is 77.0 Å². The second-order valence-corrected chi connectivity index (χ2v) is 18.3. The molecule has 44 heavy (non-hydrogen) atoms. The van der Waals surface area contributed by atoms with E-state index in [2.05, 4.69) is 120 Å². The highest BCUT2D eigenvalue weighted by Crippen LogP contribution is 2.41. The maximum atomic E-state index is 12.1. The van der Waals surface area contributed by atoms with E-state index >= 15 is 0 Å². The van der Waals surface area contributed by atoms with E-state index < -0.39 is 13.9 Å². The lowest BCUT2D eigenvalue weighted by atomic mass is 9.79. The minimum absolute atomic E-state index is 0.156. The third kappa shape index (κ3) is 9.26. The highest BCUT2D eigenvalue weighted by atomic mass is 28.4. The van der Waals surface area contributed by atoms with Crippen LogP contribution in [-0.4, -0.2) is 33.6 Å². The van der Waals surface area contributed by atoms with Crippen LogP contribution in [0.2, 0.25) is 18.1 Å². The number of carbonyl (C=O) groups excluding carboxylic acids is 1. The Morgan fingerprint density at radius 3 is 1.70 bits per heavy atom. The number of carbonyl (C=O) groups is 1. The predicted molar refractivity (Wildman–Crippen MR) is 185 cm³/mol. The average molecular weight is 615 g/mol. The van der Waals surface area contributed by atoms with Crippen molar-refractivity contribution in [3.63, 3.8) is 0 Å². The fraction of sp³-hybridized carbons (Fsp3) is 0.462. The number of hydrogen-bond donors (Lipinski definition) is 0. The summed E-state index contributed by atoms with van der Waals surface area (Å²) in [4.78, 5) is 12.1.